The van der Waals surface area contributed by atoms with Crippen LogP contribution in [0.4, 0.5) is 0 Å². The average molecular weight is 282 g/mol. The predicted octanol–water partition coefficient (Wildman–Crippen LogP) is 4.93. The molecule has 0 N–H and O–H groups in total. The van der Waals surface area contributed by atoms with Crippen molar-refractivity contribution >= 4 is 0 Å². The third-order valence-electron chi connectivity index (χ3n) is 3.68. The summed E-state index contributed by atoms with van der Waals surface area (Å²) in [7, 11) is 1.68. The average Bonchev–Trinajstić information content (AvgIpc) is 2.47. The summed E-state index contributed by atoms with van der Waals surface area (Å²) < 4.78 is 10.7. The van der Waals surface area contributed by atoms with Crippen LogP contribution in [-0.2, 0) is 5.41 Å². The first-order valence-corrected chi connectivity index (χ1v) is 7.02. The molecule has 0 saturated heterocycles. The Morgan fingerprint density at radius 2 is 1.29 bits per heavy atom. The molecule has 2 aromatic rings. The van der Waals surface area contributed by atoms with Gasteiger partial charge >= 0.3 is 0 Å². The van der Waals surface area contributed by atoms with Crippen molar-refractivity contribution in [2.24, 2.45) is 0 Å². The molecule has 110 valence electrons. The SMILES string of the molecule is C=C(C)Oc1ccc(C(C)(C)c2ccc(OC)cc2)cc1. The topological polar surface area (TPSA) is 18.5 Å². The lowest BCUT2D eigenvalue weighted by molar-refractivity contribution is 0.414. The van der Waals surface area contributed by atoms with Gasteiger partial charge in [-0.15, -0.1) is 0 Å². The van der Waals surface area contributed by atoms with Gasteiger partial charge in [-0.3, -0.25) is 0 Å². The third kappa shape index (κ3) is 3.46. The summed E-state index contributed by atoms with van der Waals surface area (Å²) in [5.41, 5.74) is 2.41. The van der Waals surface area contributed by atoms with E-state index < -0.39 is 0 Å². The van der Waals surface area contributed by atoms with Crippen LogP contribution in [0, 0.1) is 0 Å². The molecule has 0 aliphatic heterocycles. The highest BCUT2D eigenvalue weighted by Gasteiger charge is 2.23. The van der Waals surface area contributed by atoms with Crippen LogP contribution >= 0.6 is 0 Å². The zero-order valence-corrected chi connectivity index (χ0v) is 13.1. The molecule has 0 fully saturated rings. The van der Waals surface area contributed by atoms with Crippen LogP contribution in [-0.4, -0.2) is 7.11 Å². The van der Waals surface area contributed by atoms with E-state index >= 15 is 0 Å². The molecule has 2 nitrogen and oxygen atoms in total. The standard InChI is InChI=1S/C19H22O2/c1-14(2)21-18-12-8-16(9-13-18)19(3,4)15-6-10-17(20-5)11-7-15/h6-13H,1H2,2-5H3. The molecule has 0 heterocycles. The van der Waals surface area contributed by atoms with Crippen molar-refractivity contribution in [2.75, 3.05) is 7.11 Å². The van der Waals surface area contributed by atoms with Gasteiger partial charge in [0.05, 0.1) is 12.9 Å². The summed E-state index contributed by atoms with van der Waals surface area (Å²) in [6.45, 7) is 10.0. The fraction of sp³-hybridized carbons (Fsp3) is 0.263. The Morgan fingerprint density at radius 1 is 0.857 bits per heavy atom. The Morgan fingerprint density at radius 3 is 1.67 bits per heavy atom. The smallest absolute Gasteiger partial charge is 0.126 e. The molecule has 0 aliphatic rings. The molecule has 21 heavy (non-hydrogen) atoms. The molecule has 0 radical (unpaired) electrons. The first-order valence-electron chi connectivity index (χ1n) is 7.02. The minimum Gasteiger partial charge on any atom is -0.497 e. The minimum atomic E-state index is -0.0754. The van der Waals surface area contributed by atoms with Gasteiger partial charge in [0, 0.05) is 5.41 Å². The van der Waals surface area contributed by atoms with Crippen LogP contribution in [0.2, 0.25) is 0 Å². The Labute approximate surface area is 127 Å². The van der Waals surface area contributed by atoms with Crippen molar-refractivity contribution < 1.29 is 9.47 Å². The predicted molar refractivity (Wildman–Crippen MR) is 87.0 cm³/mol. The van der Waals surface area contributed by atoms with Gasteiger partial charge in [-0.25, -0.2) is 0 Å². The van der Waals surface area contributed by atoms with Crippen LogP contribution in [0.15, 0.2) is 60.9 Å². The quantitative estimate of drug-likeness (QED) is 0.724. The Balaban J connectivity index is 2.27. The summed E-state index contributed by atoms with van der Waals surface area (Å²) in [6.07, 6.45) is 0. The largest absolute Gasteiger partial charge is 0.497 e. The van der Waals surface area contributed by atoms with E-state index in [1.807, 2.05) is 31.2 Å². The molecule has 0 saturated carbocycles. The molecule has 0 spiro atoms. The van der Waals surface area contributed by atoms with E-state index in [0.717, 1.165) is 11.5 Å². The second-order valence-corrected chi connectivity index (χ2v) is 5.68. The Bertz CT molecular complexity index is 607. The monoisotopic (exact) mass is 282 g/mol. The van der Waals surface area contributed by atoms with Gasteiger partial charge < -0.3 is 9.47 Å². The zero-order chi connectivity index (χ0) is 15.5. The number of rotatable bonds is 5. The van der Waals surface area contributed by atoms with Gasteiger partial charge in [0.2, 0.25) is 0 Å². The van der Waals surface area contributed by atoms with E-state index in [1.165, 1.54) is 11.1 Å². The lowest BCUT2D eigenvalue weighted by Gasteiger charge is -2.26. The maximum atomic E-state index is 5.51. The first-order chi connectivity index (χ1) is 9.93. The molecule has 0 aromatic heterocycles. The molecular formula is C19H22O2. The Hall–Kier alpha value is -2.22. The van der Waals surface area contributed by atoms with E-state index in [2.05, 4.69) is 44.7 Å². The summed E-state index contributed by atoms with van der Waals surface area (Å²) in [5.74, 6) is 2.38. The second kappa shape index (κ2) is 6.04. The summed E-state index contributed by atoms with van der Waals surface area (Å²) in [6, 6.07) is 16.4. The van der Waals surface area contributed by atoms with Crippen molar-refractivity contribution in [3.8, 4) is 11.5 Å². The van der Waals surface area contributed by atoms with E-state index in [1.54, 1.807) is 7.11 Å². The molecule has 0 unspecified atom stereocenters. The number of methoxy groups -OCH3 is 1. The van der Waals surface area contributed by atoms with E-state index in [0.29, 0.717) is 5.76 Å². The molecular weight excluding hydrogens is 260 g/mol. The summed E-state index contributed by atoms with van der Waals surface area (Å²) in [4.78, 5) is 0. The fourth-order valence-electron chi connectivity index (χ4n) is 2.32. The van der Waals surface area contributed by atoms with E-state index in [9.17, 15) is 0 Å². The second-order valence-electron chi connectivity index (χ2n) is 5.68. The van der Waals surface area contributed by atoms with Crippen LogP contribution in [0.5, 0.6) is 11.5 Å². The maximum absolute atomic E-state index is 5.51. The summed E-state index contributed by atoms with van der Waals surface area (Å²) in [5, 5.41) is 0. The Kier molecular flexibility index (Phi) is 4.37. The van der Waals surface area contributed by atoms with Gasteiger partial charge in [0.25, 0.3) is 0 Å². The molecule has 2 aromatic carbocycles. The number of hydrogen-bond acceptors (Lipinski definition) is 2. The highest BCUT2D eigenvalue weighted by Crippen LogP contribution is 2.33. The minimum absolute atomic E-state index is 0.0754. The van der Waals surface area contributed by atoms with Gasteiger partial charge in [-0.1, -0.05) is 44.7 Å². The number of allylic oxidation sites excluding steroid dienone is 1. The molecule has 2 rings (SSSR count). The van der Waals surface area contributed by atoms with Crippen molar-refractivity contribution in [1.82, 2.24) is 0 Å². The van der Waals surface area contributed by atoms with Crippen molar-refractivity contribution in [2.45, 2.75) is 26.2 Å². The van der Waals surface area contributed by atoms with Crippen LogP contribution in [0.25, 0.3) is 0 Å². The fourth-order valence-corrected chi connectivity index (χ4v) is 2.32. The third-order valence-corrected chi connectivity index (χ3v) is 3.68. The lowest BCUT2D eigenvalue weighted by Crippen LogP contribution is -2.18. The number of ether oxygens (including phenoxy) is 2. The van der Waals surface area contributed by atoms with Crippen molar-refractivity contribution in [3.63, 3.8) is 0 Å². The van der Waals surface area contributed by atoms with Gasteiger partial charge in [0.1, 0.15) is 11.5 Å². The zero-order valence-electron chi connectivity index (χ0n) is 13.1. The maximum Gasteiger partial charge on any atom is 0.126 e. The first kappa shape index (κ1) is 15.2. The van der Waals surface area contributed by atoms with Crippen molar-refractivity contribution in [3.05, 3.63) is 72.0 Å². The lowest BCUT2D eigenvalue weighted by atomic mass is 9.78. The normalized spacial score (nSPS) is 11.0. The number of hydrogen-bond donors (Lipinski definition) is 0. The van der Waals surface area contributed by atoms with E-state index in [4.69, 9.17) is 9.47 Å². The molecule has 0 atom stereocenters. The molecule has 0 aliphatic carbocycles. The van der Waals surface area contributed by atoms with Crippen LogP contribution in [0.1, 0.15) is 31.9 Å². The molecule has 2 heteroatoms. The molecule has 0 amide bonds. The van der Waals surface area contributed by atoms with Crippen LogP contribution < -0.4 is 9.47 Å². The van der Waals surface area contributed by atoms with Gasteiger partial charge in [-0.2, -0.15) is 0 Å². The van der Waals surface area contributed by atoms with Crippen LogP contribution in [0.3, 0.4) is 0 Å². The van der Waals surface area contributed by atoms with E-state index in [-0.39, 0.29) is 5.41 Å². The highest BCUT2D eigenvalue weighted by atomic mass is 16.5. The van der Waals surface area contributed by atoms with Gasteiger partial charge in [0.15, 0.2) is 0 Å². The van der Waals surface area contributed by atoms with Crippen molar-refractivity contribution in [1.29, 1.82) is 0 Å². The number of benzene rings is 2. The van der Waals surface area contributed by atoms with Gasteiger partial charge in [-0.05, 0) is 42.3 Å². The highest BCUT2D eigenvalue weighted by molar-refractivity contribution is 5.42. The summed E-state index contributed by atoms with van der Waals surface area (Å²) >= 11 is 0. The molecule has 0 bridgehead atoms.